The van der Waals surface area contributed by atoms with E-state index in [2.05, 4.69) is 11.1 Å². The maximum atomic E-state index is 8.85. The van der Waals surface area contributed by atoms with Gasteiger partial charge in [-0.05, 0) is 26.7 Å². The van der Waals surface area contributed by atoms with Crippen LogP contribution in [0.15, 0.2) is 12.5 Å². The van der Waals surface area contributed by atoms with Crippen LogP contribution in [0.1, 0.15) is 38.8 Å². The summed E-state index contributed by atoms with van der Waals surface area (Å²) in [7, 11) is 0. The fraction of sp³-hybridized carbons (Fsp3) is 0.667. The van der Waals surface area contributed by atoms with Gasteiger partial charge in [0.2, 0.25) is 0 Å². The lowest BCUT2D eigenvalue weighted by atomic mass is 9.89. The maximum Gasteiger partial charge on any atom is 0.0950 e. The summed E-state index contributed by atoms with van der Waals surface area (Å²) >= 11 is 0. The van der Waals surface area contributed by atoms with E-state index in [9.17, 15) is 0 Å². The molecule has 0 amide bonds. The zero-order valence-electron chi connectivity index (χ0n) is 9.98. The Labute approximate surface area is 96.5 Å². The van der Waals surface area contributed by atoms with Crippen molar-refractivity contribution in [1.82, 2.24) is 9.55 Å². The lowest BCUT2D eigenvalue weighted by molar-refractivity contribution is 0.277. The van der Waals surface area contributed by atoms with Crippen LogP contribution < -0.4 is 0 Å². The number of hydrogen-bond acceptors (Lipinski definition) is 3. The van der Waals surface area contributed by atoms with E-state index < -0.39 is 0 Å². The molecule has 0 radical (unpaired) electrons. The Morgan fingerprint density at radius 2 is 2.25 bits per heavy atom. The fourth-order valence-electron chi connectivity index (χ4n) is 1.53. The van der Waals surface area contributed by atoms with Crippen molar-refractivity contribution in [2.45, 2.75) is 46.3 Å². The molecule has 1 aromatic rings. The molecule has 0 fully saturated rings. The molecule has 0 saturated heterocycles. The molecule has 0 aliphatic carbocycles. The third-order valence-electron chi connectivity index (χ3n) is 2.62. The average Bonchev–Trinajstić information content (AvgIpc) is 2.72. The molecule has 0 aliphatic heterocycles. The van der Waals surface area contributed by atoms with Gasteiger partial charge in [-0.25, -0.2) is 4.98 Å². The molecule has 88 valence electrons. The first-order valence-corrected chi connectivity index (χ1v) is 5.60. The summed E-state index contributed by atoms with van der Waals surface area (Å²) in [6, 6.07) is 2.30. The van der Waals surface area contributed by atoms with E-state index in [0.29, 0.717) is 5.69 Å². The summed E-state index contributed by atoms with van der Waals surface area (Å²) in [5.41, 5.74) is 0.489. The first kappa shape index (κ1) is 12.7. The molecule has 0 aromatic carbocycles. The first-order valence-electron chi connectivity index (χ1n) is 5.60. The second-order valence-corrected chi connectivity index (χ2v) is 4.71. The third-order valence-corrected chi connectivity index (χ3v) is 2.62. The quantitative estimate of drug-likeness (QED) is 0.748. The Kier molecular flexibility index (Phi) is 4.51. The topological polar surface area (TPSA) is 61.8 Å². The van der Waals surface area contributed by atoms with Crippen LogP contribution in [0, 0.1) is 16.7 Å². The Bertz CT molecular complexity index is 363. The van der Waals surface area contributed by atoms with Gasteiger partial charge in [-0.15, -0.1) is 0 Å². The van der Waals surface area contributed by atoms with Crippen molar-refractivity contribution in [3.05, 3.63) is 18.2 Å². The molecule has 0 spiro atoms. The van der Waals surface area contributed by atoms with E-state index in [0.717, 1.165) is 25.8 Å². The number of imidazole rings is 1. The van der Waals surface area contributed by atoms with E-state index in [1.165, 1.54) is 0 Å². The van der Waals surface area contributed by atoms with Crippen LogP contribution in [0.3, 0.4) is 0 Å². The predicted octanol–water partition coefficient (Wildman–Crippen LogP) is 2.10. The molecule has 1 rings (SSSR count). The molecular weight excluding hydrogens is 202 g/mol. The van der Waals surface area contributed by atoms with Crippen molar-refractivity contribution >= 4 is 0 Å². The van der Waals surface area contributed by atoms with Gasteiger partial charge < -0.3 is 9.67 Å². The molecule has 0 unspecified atom stereocenters. The van der Waals surface area contributed by atoms with E-state index in [4.69, 9.17) is 10.4 Å². The standard InChI is InChI=1S/C12H19N3O/c1-12(2,9-13)5-3-4-6-15-7-11(8-16)14-10-15/h7,10,16H,3-6,8H2,1-2H3. The molecule has 0 saturated carbocycles. The van der Waals surface area contributed by atoms with E-state index in [1.807, 2.05) is 24.6 Å². The summed E-state index contributed by atoms with van der Waals surface area (Å²) in [6.07, 6.45) is 6.58. The van der Waals surface area contributed by atoms with Gasteiger partial charge in [-0.1, -0.05) is 6.42 Å². The molecule has 0 atom stereocenters. The smallest absolute Gasteiger partial charge is 0.0950 e. The number of hydrogen-bond donors (Lipinski definition) is 1. The van der Waals surface area contributed by atoms with Crippen molar-refractivity contribution in [3.8, 4) is 6.07 Å². The molecule has 0 aliphatic rings. The van der Waals surface area contributed by atoms with Crippen molar-refractivity contribution in [3.63, 3.8) is 0 Å². The Morgan fingerprint density at radius 1 is 1.50 bits per heavy atom. The number of aryl methyl sites for hydroxylation is 1. The summed E-state index contributed by atoms with van der Waals surface area (Å²) in [6.45, 7) is 4.82. The van der Waals surface area contributed by atoms with E-state index in [-0.39, 0.29) is 12.0 Å². The minimum atomic E-state index is -0.217. The first-order chi connectivity index (χ1) is 7.57. The number of aromatic nitrogens is 2. The predicted molar refractivity (Wildman–Crippen MR) is 61.4 cm³/mol. The van der Waals surface area contributed by atoms with Crippen LogP contribution in [-0.4, -0.2) is 14.7 Å². The SMILES string of the molecule is CC(C)(C#N)CCCCn1cnc(CO)c1. The second-order valence-electron chi connectivity index (χ2n) is 4.71. The zero-order chi connectivity index (χ0) is 12.0. The molecular formula is C12H19N3O. The van der Waals surface area contributed by atoms with Gasteiger partial charge in [0.05, 0.1) is 30.1 Å². The Hall–Kier alpha value is -1.34. The van der Waals surface area contributed by atoms with Gasteiger partial charge in [0.25, 0.3) is 0 Å². The highest BCUT2D eigenvalue weighted by atomic mass is 16.3. The number of nitrogens with zero attached hydrogens (tertiary/aromatic N) is 3. The zero-order valence-corrected chi connectivity index (χ0v) is 9.98. The number of aliphatic hydroxyl groups excluding tert-OH is 1. The summed E-state index contributed by atoms with van der Waals surface area (Å²) < 4.78 is 1.98. The van der Waals surface area contributed by atoms with E-state index in [1.54, 1.807) is 6.33 Å². The molecule has 1 heterocycles. The van der Waals surface area contributed by atoms with Gasteiger partial charge in [0, 0.05) is 12.7 Å². The molecule has 4 heteroatoms. The molecule has 16 heavy (non-hydrogen) atoms. The normalized spacial score (nSPS) is 11.4. The largest absolute Gasteiger partial charge is 0.390 e. The summed E-state index contributed by atoms with van der Waals surface area (Å²) in [5, 5.41) is 17.7. The average molecular weight is 221 g/mol. The Morgan fingerprint density at radius 3 is 2.81 bits per heavy atom. The number of rotatable bonds is 6. The fourth-order valence-corrected chi connectivity index (χ4v) is 1.53. The van der Waals surface area contributed by atoms with Gasteiger partial charge in [-0.3, -0.25) is 0 Å². The van der Waals surface area contributed by atoms with Gasteiger partial charge in [-0.2, -0.15) is 5.26 Å². The number of nitriles is 1. The van der Waals surface area contributed by atoms with Crippen LogP contribution in [0.25, 0.3) is 0 Å². The van der Waals surface area contributed by atoms with Crippen LogP contribution >= 0.6 is 0 Å². The lowest BCUT2D eigenvalue weighted by Crippen LogP contribution is -2.07. The monoisotopic (exact) mass is 221 g/mol. The van der Waals surface area contributed by atoms with Crippen LogP contribution in [0.5, 0.6) is 0 Å². The van der Waals surface area contributed by atoms with Crippen molar-refractivity contribution in [1.29, 1.82) is 5.26 Å². The van der Waals surface area contributed by atoms with Crippen LogP contribution in [0.2, 0.25) is 0 Å². The lowest BCUT2D eigenvalue weighted by Gasteiger charge is -2.14. The summed E-state index contributed by atoms with van der Waals surface area (Å²) in [4.78, 5) is 4.04. The number of unbranched alkanes of at least 4 members (excludes halogenated alkanes) is 1. The third kappa shape index (κ3) is 4.03. The van der Waals surface area contributed by atoms with Crippen molar-refractivity contribution in [2.75, 3.05) is 0 Å². The second kappa shape index (κ2) is 5.66. The van der Waals surface area contributed by atoms with Crippen LogP contribution in [0.4, 0.5) is 0 Å². The molecule has 0 bridgehead atoms. The van der Waals surface area contributed by atoms with Gasteiger partial charge >= 0.3 is 0 Å². The van der Waals surface area contributed by atoms with Gasteiger partial charge in [0.15, 0.2) is 0 Å². The number of aliphatic hydroxyl groups is 1. The Balaban J connectivity index is 2.24. The maximum absolute atomic E-state index is 8.85. The van der Waals surface area contributed by atoms with E-state index >= 15 is 0 Å². The van der Waals surface area contributed by atoms with Crippen molar-refractivity contribution in [2.24, 2.45) is 5.41 Å². The highest BCUT2D eigenvalue weighted by Gasteiger charge is 2.15. The molecule has 4 nitrogen and oxygen atoms in total. The minimum Gasteiger partial charge on any atom is -0.390 e. The van der Waals surface area contributed by atoms with Crippen LogP contribution in [-0.2, 0) is 13.2 Å². The minimum absolute atomic E-state index is 0.00549. The van der Waals surface area contributed by atoms with Gasteiger partial charge in [0.1, 0.15) is 0 Å². The highest BCUT2D eigenvalue weighted by Crippen LogP contribution is 2.21. The summed E-state index contributed by atoms with van der Waals surface area (Å²) in [5.74, 6) is 0. The molecule has 1 aromatic heterocycles. The van der Waals surface area contributed by atoms with Crippen molar-refractivity contribution < 1.29 is 5.11 Å². The highest BCUT2D eigenvalue weighted by molar-refractivity contribution is 4.94. The molecule has 1 N–H and O–H groups in total.